The Morgan fingerprint density at radius 2 is 2.41 bits per heavy atom. The normalized spacial score (nSPS) is 10.2. The Kier molecular flexibility index (Phi) is 3.90. The van der Waals surface area contributed by atoms with Gasteiger partial charge in [-0.1, -0.05) is 0 Å². The topological polar surface area (TPSA) is 75.7 Å². The number of aromatic amines is 1. The summed E-state index contributed by atoms with van der Waals surface area (Å²) in [5.74, 6) is 1.17. The maximum atomic E-state index is 5.29. The first kappa shape index (κ1) is 11.4. The van der Waals surface area contributed by atoms with Gasteiger partial charge >= 0.3 is 0 Å². The van der Waals surface area contributed by atoms with Gasteiger partial charge in [-0.2, -0.15) is 4.98 Å². The lowest BCUT2D eigenvalue weighted by molar-refractivity contribution is 0.326. The number of hydrogen-bond donors (Lipinski definition) is 2. The molecule has 0 aromatic carbocycles. The van der Waals surface area contributed by atoms with Crippen molar-refractivity contribution in [1.82, 2.24) is 19.9 Å². The van der Waals surface area contributed by atoms with Crippen molar-refractivity contribution in [3.05, 3.63) is 30.5 Å². The molecule has 2 N–H and O–H groups in total. The van der Waals surface area contributed by atoms with Crippen molar-refractivity contribution in [3.63, 3.8) is 0 Å². The van der Waals surface area contributed by atoms with E-state index in [1.807, 2.05) is 6.92 Å². The lowest BCUT2D eigenvalue weighted by Crippen LogP contribution is -2.08. The van der Waals surface area contributed by atoms with Gasteiger partial charge in [-0.05, 0) is 6.92 Å². The fraction of sp³-hybridized carbons (Fsp3) is 0.364. The van der Waals surface area contributed by atoms with Crippen LogP contribution in [0.1, 0.15) is 12.6 Å². The van der Waals surface area contributed by atoms with Crippen molar-refractivity contribution in [3.8, 4) is 5.88 Å². The minimum Gasteiger partial charge on any atom is -0.478 e. The van der Waals surface area contributed by atoms with Gasteiger partial charge in [-0.3, -0.25) is 0 Å². The van der Waals surface area contributed by atoms with E-state index in [1.165, 1.54) is 0 Å². The van der Waals surface area contributed by atoms with Gasteiger partial charge in [0.1, 0.15) is 0 Å². The van der Waals surface area contributed by atoms with Crippen LogP contribution in [0.25, 0.3) is 0 Å². The van der Waals surface area contributed by atoms with Gasteiger partial charge in [-0.15, -0.1) is 0 Å². The highest BCUT2D eigenvalue weighted by molar-refractivity contribution is 5.27. The minimum absolute atomic E-state index is 0.579. The van der Waals surface area contributed by atoms with Crippen molar-refractivity contribution in [2.24, 2.45) is 0 Å². The molecule has 0 amide bonds. The fourth-order valence-electron chi connectivity index (χ4n) is 1.39. The minimum atomic E-state index is 0.579. The molecule has 2 aromatic rings. The summed E-state index contributed by atoms with van der Waals surface area (Å²) in [7, 11) is 0. The molecule has 0 aliphatic rings. The standard InChI is InChI=1S/C11H15N5O/c1-2-17-10-4-6-14-11(16-10)13-5-3-9-7-12-8-15-9/h4,6-8H,2-3,5H2,1H3,(H,12,15)(H,13,14,16). The summed E-state index contributed by atoms with van der Waals surface area (Å²) in [6, 6.07) is 1.74. The Labute approximate surface area is 99.5 Å². The largest absolute Gasteiger partial charge is 0.478 e. The van der Waals surface area contributed by atoms with Crippen molar-refractivity contribution >= 4 is 5.95 Å². The van der Waals surface area contributed by atoms with Crippen LogP contribution in [-0.4, -0.2) is 33.1 Å². The van der Waals surface area contributed by atoms with Crippen LogP contribution in [-0.2, 0) is 6.42 Å². The second-order valence-electron chi connectivity index (χ2n) is 3.41. The molecular formula is C11H15N5O. The predicted octanol–water partition coefficient (Wildman–Crippen LogP) is 1.25. The average molecular weight is 233 g/mol. The molecule has 2 heterocycles. The number of anilines is 1. The van der Waals surface area contributed by atoms with E-state index in [4.69, 9.17) is 4.74 Å². The molecule has 0 aliphatic heterocycles. The van der Waals surface area contributed by atoms with Gasteiger partial charge in [0.25, 0.3) is 0 Å². The van der Waals surface area contributed by atoms with E-state index in [0.29, 0.717) is 18.4 Å². The van der Waals surface area contributed by atoms with Crippen molar-refractivity contribution in [2.45, 2.75) is 13.3 Å². The van der Waals surface area contributed by atoms with Crippen LogP contribution in [0, 0.1) is 0 Å². The molecule has 0 radical (unpaired) electrons. The summed E-state index contributed by atoms with van der Waals surface area (Å²) in [4.78, 5) is 15.3. The third kappa shape index (κ3) is 3.44. The Hall–Kier alpha value is -2.11. The first-order chi connectivity index (χ1) is 8.38. The van der Waals surface area contributed by atoms with Crippen LogP contribution in [0.15, 0.2) is 24.8 Å². The second-order valence-corrected chi connectivity index (χ2v) is 3.41. The van der Waals surface area contributed by atoms with E-state index in [9.17, 15) is 0 Å². The van der Waals surface area contributed by atoms with Crippen LogP contribution in [0.4, 0.5) is 5.95 Å². The Balaban J connectivity index is 1.84. The second kappa shape index (κ2) is 5.83. The molecule has 2 rings (SSSR count). The number of imidazole rings is 1. The molecule has 0 fully saturated rings. The molecule has 0 aliphatic carbocycles. The van der Waals surface area contributed by atoms with E-state index in [0.717, 1.165) is 18.7 Å². The molecule has 17 heavy (non-hydrogen) atoms. The van der Waals surface area contributed by atoms with E-state index in [-0.39, 0.29) is 0 Å². The summed E-state index contributed by atoms with van der Waals surface area (Å²) in [6.07, 6.45) is 6.00. The molecule has 0 saturated carbocycles. The number of ether oxygens (including phenoxy) is 1. The zero-order valence-corrected chi connectivity index (χ0v) is 9.68. The highest BCUT2D eigenvalue weighted by Gasteiger charge is 1.99. The lowest BCUT2D eigenvalue weighted by atomic mass is 10.3. The number of hydrogen-bond acceptors (Lipinski definition) is 5. The maximum absolute atomic E-state index is 5.29. The molecular weight excluding hydrogens is 218 g/mol. The first-order valence-electron chi connectivity index (χ1n) is 5.55. The predicted molar refractivity (Wildman–Crippen MR) is 64.0 cm³/mol. The van der Waals surface area contributed by atoms with E-state index < -0.39 is 0 Å². The lowest BCUT2D eigenvalue weighted by Gasteiger charge is -2.05. The third-order valence-electron chi connectivity index (χ3n) is 2.15. The highest BCUT2D eigenvalue weighted by atomic mass is 16.5. The Morgan fingerprint density at radius 1 is 1.47 bits per heavy atom. The molecule has 6 nitrogen and oxygen atoms in total. The van der Waals surface area contributed by atoms with Gasteiger partial charge in [0.05, 0.1) is 12.9 Å². The van der Waals surface area contributed by atoms with E-state index in [1.54, 1.807) is 24.8 Å². The number of nitrogens with one attached hydrogen (secondary N) is 2. The Morgan fingerprint density at radius 3 is 3.18 bits per heavy atom. The molecule has 0 saturated heterocycles. The van der Waals surface area contributed by atoms with Crippen molar-refractivity contribution in [1.29, 1.82) is 0 Å². The molecule has 0 spiro atoms. The van der Waals surface area contributed by atoms with Crippen LogP contribution in [0.3, 0.4) is 0 Å². The van der Waals surface area contributed by atoms with Crippen LogP contribution in [0.5, 0.6) is 5.88 Å². The quantitative estimate of drug-likeness (QED) is 0.785. The first-order valence-corrected chi connectivity index (χ1v) is 5.55. The monoisotopic (exact) mass is 233 g/mol. The number of rotatable bonds is 6. The summed E-state index contributed by atoms with van der Waals surface area (Å²) in [5, 5.41) is 3.13. The number of H-pyrrole nitrogens is 1. The molecule has 90 valence electrons. The summed E-state index contributed by atoms with van der Waals surface area (Å²) in [5.41, 5.74) is 1.08. The summed E-state index contributed by atoms with van der Waals surface area (Å²) >= 11 is 0. The third-order valence-corrected chi connectivity index (χ3v) is 2.15. The van der Waals surface area contributed by atoms with Crippen molar-refractivity contribution < 1.29 is 4.74 Å². The van der Waals surface area contributed by atoms with Gasteiger partial charge in [-0.25, -0.2) is 9.97 Å². The number of aromatic nitrogens is 4. The molecule has 2 aromatic heterocycles. The average Bonchev–Trinajstić information content (AvgIpc) is 2.83. The zero-order chi connectivity index (χ0) is 11.9. The molecule has 0 unspecified atom stereocenters. The van der Waals surface area contributed by atoms with Crippen LogP contribution >= 0.6 is 0 Å². The highest BCUT2D eigenvalue weighted by Crippen LogP contribution is 2.07. The molecule has 0 bridgehead atoms. The smallest absolute Gasteiger partial charge is 0.225 e. The van der Waals surface area contributed by atoms with Gasteiger partial charge < -0.3 is 15.0 Å². The Bertz CT molecular complexity index is 443. The van der Waals surface area contributed by atoms with Gasteiger partial charge in [0.15, 0.2) is 0 Å². The van der Waals surface area contributed by atoms with E-state index >= 15 is 0 Å². The van der Waals surface area contributed by atoms with Crippen LogP contribution in [0.2, 0.25) is 0 Å². The summed E-state index contributed by atoms with van der Waals surface area (Å²) in [6.45, 7) is 3.27. The van der Waals surface area contributed by atoms with Gasteiger partial charge in [0.2, 0.25) is 11.8 Å². The molecule has 0 atom stereocenters. The number of nitrogens with zero attached hydrogens (tertiary/aromatic N) is 3. The van der Waals surface area contributed by atoms with E-state index in [2.05, 4.69) is 25.3 Å². The zero-order valence-electron chi connectivity index (χ0n) is 9.68. The maximum Gasteiger partial charge on any atom is 0.225 e. The summed E-state index contributed by atoms with van der Waals surface area (Å²) < 4.78 is 5.29. The van der Waals surface area contributed by atoms with Crippen molar-refractivity contribution in [2.75, 3.05) is 18.5 Å². The van der Waals surface area contributed by atoms with Gasteiger partial charge in [0, 0.05) is 37.1 Å². The fourth-order valence-corrected chi connectivity index (χ4v) is 1.39. The van der Waals surface area contributed by atoms with Crippen LogP contribution < -0.4 is 10.1 Å². The molecule has 6 heteroatoms. The SMILES string of the molecule is CCOc1ccnc(NCCc2cnc[nH]2)n1.